The minimum Gasteiger partial charge on any atom is -0.370 e. The number of hydrogen-bond donors (Lipinski definition) is 1. The molecule has 1 N–H and O–H groups in total. The Kier molecular flexibility index (Phi) is 5.62. The van der Waals surface area contributed by atoms with Gasteiger partial charge in [-0.25, -0.2) is 13.2 Å². The summed E-state index contributed by atoms with van der Waals surface area (Å²) in [5, 5.41) is 2.93. The molecule has 3 saturated heterocycles. The molecule has 4 rings (SSSR count). The van der Waals surface area contributed by atoms with E-state index in [9.17, 15) is 13.2 Å². The topological polar surface area (TPSA) is 76.2 Å². The number of benzene rings is 1. The number of urea groups is 1. The van der Waals surface area contributed by atoms with Crippen molar-refractivity contribution < 1.29 is 13.2 Å². The molecule has 3 aliphatic rings. The molecule has 0 spiro atoms. The first kappa shape index (κ1) is 22.2. The summed E-state index contributed by atoms with van der Waals surface area (Å²) in [5.74, 6) is 0. The quantitative estimate of drug-likeness (QED) is 0.756. The zero-order valence-corrected chi connectivity index (χ0v) is 19.9. The highest BCUT2D eigenvalue weighted by Gasteiger charge is 2.58. The van der Waals surface area contributed by atoms with Crippen molar-refractivity contribution in [2.45, 2.75) is 20.8 Å². The molecule has 0 saturated carbocycles. The third-order valence-corrected chi connectivity index (χ3v) is 8.82. The van der Waals surface area contributed by atoms with Crippen LogP contribution in [0.4, 0.5) is 16.2 Å². The Hall–Kier alpha value is -2.00. The Morgan fingerprint density at radius 1 is 0.903 bits per heavy atom. The summed E-state index contributed by atoms with van der Waals surface area (Å²) in [5.41, 5.74) is 2.48. The predicted molar refractivity (Wildman–Crippen MR) is 124 cm³/mol. The molecule has 172 valence electrons. The van der Waals surface area contributed by atoms with Gasteiger partial charge in [0.1, 0.15) is 0 Å². The second-order valence-corrected chi connectivity index (χ2v) is 11.8. The van der Waals surface area contributed by atoms with Crippen LogP contribution in [0, 0.1) is 10.8 Å². The minimum absolute atomic E-state index is 0.0474. The summed E-state index contributed by atoms with van der Waals surface area (Å²) in [6.45, 7) is 13.2. The van der Waals surface area contributed by atoms with Crippen LogP contribution in [0.15, 0.2) is 24.3 Å². The van der Waals surface area contributed by atoms with Gasteiger partial charge in [-0.15, -0.1) is 0 Å². The van der Waals surface area contributed by atoms with Crippen LogP contribution in [0.5, 0.6) is 0 Å². The highest BCUT2D eigenvalue weighted by atomic mass is 32.2. The normalized spacial score (nSPS) is 29.4. The van der Waals surface area contributed by atoms with Crippen molar-refractivity contribution in [3.8, 4) is 0 Å². The van der Waals surface area contributed by atoms with Gasteiger partial charge in [-0.2, -0.15) is 4.31 Å². The molecule has 0 unspecified atom stereocenters. The van der Waals surface area contributed by atoms with E-state index < -0.39 is 10.0 Å². The number of anilines is 2. The fourth-order valence-corrected chi connectivity index (χ4v) is 6.23. The van der Waals surface area contributed by atoms with Crippen molar-refractivity contribution in [3.63, 3.8) is 0 Å². The molecule has 9 heteroatoms. The summed E-state index contributed by atoms with van der Waals surface area (Å²) >= 11 is 0. The molecule has 31 heavy (non-hydrogen) atoms. The molecule has 3 fully saturated rings. The summed E-state index contributed by atoms with van der Waals surface area (Å²) < 4.78 is 25.0. The third kappa shape index (κ3) is 4.09. The van der Waals surface area contributed by atoms with Crippen molar-refractivity contribution >= 4 is 27.4 Å². The van der Waals surface area contributed by atoms with E-state index in [2.05, 4.69) is 53.2 Å². The van der Waals surface area contributed by atoms with Crippen LogP contribution in [0.3, 0.4) is 0 Å². The van der Waals surface area contributed by atoms with E-state index in [0.717, 1.165) is 31.9 Å². The second-order valence-electron chi connectivity index (χ2n) is 9.83. The number of sulfonamides is 1. The van der Waals surface area contributed by atoms with Crippen molar-refractivity contribution in [1.82, 2.24) is 14.5 Å². The molecule has 1 aromatic carbocycles. The van der Waals surface area contributed by atoms with Gasteiger partial charge in [-0.3, -0.25) is 0 Å². The number of piperazine rings is 1. The number of likely N-dealkylation sites (tertiary alicyclic amines) is 1. The first-order valence-electron chi connectivity index (χ1n) is 11.1. The van der Waals surface area contributed by atoms with Crippen LogP contribution in [0.2, 0.25) is 0 Å². The summed E-state index contributed by atoms with van der Waals surface area (Å²) in [7, 11) is -3.11. The van der Waals surface area contributed by atoms with E-state index >= 15 is 0 Å². The molecule has 1 aromatic rings. The zero-order chi connectivity index (χ0) is 22.4. The SMILES string of the molecule is CCNC(=O)N1C[C@@]2(C)CN(c3ccc(N4CCN(S(C)(=O)=O)CC4)cc3)C[C@@]2(C)C1. The van der Waals surface area contributed by atoms with Gasteiger partial charge in [0.25, 0.3) is 0 Å². The molecular formula is C22H35N5O3S. The van der Waals surface area contributed by atoms with Crippen LogP contribution in [-0.2, 0) is 10.0 Å². The molecule has 0 bridgehead atoms. The van der Waals surface area contributed by atoms with Crippen LogP contribution in [0.1, 0.15) is 20.8 Å². The number of carbonyl (C=O) groups is 1. The van der Waals surface area contributed by atoms with Crippen molar-refractivity contribution in [1.29, 1.82) is 0 Å². The first-order valence-corrected chi connectivity index (χ1v) is 13.0. The van der Waals surface area contributed by atoms with E-state index in [-0.39, 0.29) is 16.9 Å². The summed E-state index contributed by atoms with van der Waals surface area (Å²) in [6.07, 6.45) is 1.28. The average molecular weight is 450 g/mol. The van der Waals surface area contributed by atoms with E-state index in [1.54, 1.807) is 4.31 Å². The number of carbonyl (C=O) groups excluding carboxylic acids is 1. The van der Waals surface area contributed by atoms with Gasteiger partial charge in [0.15, 0.2) is 0 Å². The van der Waals surface area contributed by atoms with Crippen molar-refractivity contribution in [2.24, 2.45) is 10.8 Å². The van der Waals surface area contributed by atoms with Gasteiger partial charge in [0.2, 0.25) is 10.0 Å². The Bertz CT molecular complexity index is 909. The van der Waals surface area contributed by atoms with E-state index in [4.69, 9.17) is 0 Å². The van der Waals surface area contributed by atoms with Crippen LogP contribution in [-0.4, -0.2) is 88.8 Å². The van der Waals surface area contributed by atoms with E-state index in [1.807, 2.05) is 11.8 Å². The van der Waals surface area contributed by atoms with Crippen LogP contribution < -0.4 is 15.1 Å². The maximum atomic E-state index is 12.3. The molecule has 3 aliphatic heterocycles. The molecule has 0 radical (unpaired) electrons. The lowest BCUT2D eigenvalue weighted by Gasteiger charge is -2.35. The van der Waals surface area contributed by atoms with Crippen molar-refractivity contribution in [2.75, 3.05) is 75.0 Å². The molecule has 8 nitrogen and oxygen atoms in total. The van der Waals surface area contributed by atoms with E-state index in [0.29, 0.717) is 32.7 Å². The van der Waals surface area contributed by atoms with Gasteiger partial charge in [0, 0.05) is 81.1 Å². The van der Waals surface area contributed by atoms with E-state index in [1.165, 1.54) is 11.9 Å². The van der Waals surface area contributed by atoms with Crippen LogP contribution >= 0.6 is 0 Å². The van der Waals surface area contributed by atoms with Crippen LogP contribution in [0.25, 0.3) is 0 Å². The highest BCUT2D eigenvalue weighted by Crippen LogP contribution is 2.52. The molecule has 2 amide bonds. The third-order valence-electron chi connectivity index (χ3n) is 7.52. The average Bonchev–Trinajstić information content (AvgIpc) is 3.12. The molecule has 0 aromatic heterocycles. The zero-order valence-electron chi connectivity index (χ0n) is 19.1. The Labute approximate surface area is 186 Å². The lowest BCUT2D eigenvalue weighted by Crippen LogP contribution is -2.48. The number of hydrogen-bond acceptors (Lipinski definition) is 5. The summed E-state index contributed by atoms with van der Waals surface area (Å²) in [6, 6.07) is 8.68. The number of nitrogens with zero attached hydrogens (tertiary/aromatic N) is 4. The van der Waals surface area contributed by atoms with Gasteiger partial charge in [-0.1, -0.05) is 13.8 Å². The number of fused-ring (bicyclic) bond motifs is 1. The highest BCUT2D eigenvalue weighted by molar-refractivity contribution is 7.88. The van der Waals surface area contributed by atoms with Gasteiger partial charge in [-0.05, 0) is 31.2 Å². The number of nitrogens with one attached hydrogen (secondary N) is 1. The molecular weight excluding hydrogens is 414 g/mol. The lowest BCUT2D eigenvalue weighted by atomic mass is 9.71. The van der Waals surface area contributed by atoms with Gasteiger partial charge >= 0.3 is 6.03 Å². The smallest absolute Gasteiger partial charge is 0.317 e. The summed E-state index contributed by atoms with van der Waals surface area (Å²) in [4.78, 5) is 19.0. The lowest BCUT2D eigenvalue weighted by molar-refractivity contribution is 0.203. The number of amides is 2. The monoisotopic (exact) mass is 449 g/mol. The Balaban J connectivity index is 1.40. The van der Waals surface area contributed by atoms with Crippen molar-refractivity contribution in [3.05, 3.63) is 24.3 Å². The fraction of sp³-hybridized carbons (Fsp3) is 0.682. The Morgan fingerprint density at radius 3 is 1.84 bits per heavy atom. The maximum Gasteiger partial charge on any atom is 0.317 e. The predicted octanol–water partition coefficient (Wildman–Crippen LogP) is 1.65. The fourth-order valence-electron chi connectivity index (χ4n) is 5.40. The molecule has 3 heterocycles. The Morgan fingerprint density at radius 2 is 1.39 bits per heavy atom. The first-order chi connectivity index (χ1) is 14.5. The second kappa shape index (κ2) is 7.85. The maximum absolute atomic E-state index is 12.3. The number of rotatable bonds is 4. The largest absolute Gasteiger partial charge is 0.370 e. The van der Waals surface area contributed by atoms with Gasteiger partial charge in [0.05, 0.1) is 6.26 Å². The molecule has 2 atom stereocenters. The minimum atomic E-state index is -3.11. The van der Waals surface area contributed by atoms with Gasteiger partial charge < -0.3 is 20.0 Å². The standard InChI is InChI=1S/C22H35N5O3S/c1-5-23-20(28)26-16-21(2)14-25(15-22(21,3)17-26)19-8-6-18(7-9-19)24-10-12-27(13-11-24)31(4,29)30/h6-9H,5,10-17H2,1-4H3,(H,23,28)/t21-,22+. The molecule has 0 aliphatic carbocycles.